The second-order valence-corrected chi connectivity index (χ2v) is 9.79. The summed E-state index contributed by atoms with van der Waals surface area (Å²) in [5.41, 5.74) is -0.0910. The fourth-order valence-corrected chi connectivity index (χ4v) is 6.19. The minimum Gasteiger partial charge on any atom is -0.504 e. The third-order valence-electron chi connectivity index (χ3n) is 7.60. The van der Waals surface area contributed by atoms with E-state index in [9.17, 15) is 33.0 Å². The molecule has 1 aromatic rings. The van der Waals surface area contributed by atoms with Crippen molar-refractivity contribution in [2.45, 2.75) is 75.0 Å². The van der Waals surface area contributed by atoms with Gasteiger partial charge in [-0.25, -0.2) is 4.79 Å². The fraction of sp³-hybridized carbons (Fsp3) is 0.560. The molecule has 1 aromatic carbocycles. The molecule has 2 aliphatic heterocycles. The largest absolute Gasteiger partial charge is 0.504 e. The number of nitrogens with zero attached hydrogens (tertiary/aromatic N) is 1. The van der Waals surface area contributed by atoms with Gasteiger partial charge in [-0.2, -0.15) is 13.2 Å². The smallest absolute Gasteiger partial charge is 0.446 e. The van der Waals surface area contributed by atoms with Crippen molar-refractivity contribution in [1.29, 1.82) is 0 Å². The first kappa shape index (κ1) is 26.9. The highest BCUT2D eigenvalue weighted by atomic mass is 19.4. The molecule has 0 amide bonds. The second-order valence-electron chi connectivity index (χ2n) is 9.79. The molecule has 12 heteroatoms. The minimum atomic E-state index is -4.64. The van der Waals surface area contributed by atoms with Gasteiger partial charge in [0.2, 0.25) is 6.29 Å². The number of esters is 2. The van der Waals surface area contributed by atoms with Crippen LogP contribution in [-0.4, -0.2) is 77.0 Å². The summed E-state index contributed by atoms with van der Waals surface area (Å²) < 4.78 is 48.1. The van der Waals surface area contributed by atoms with Crippen LogP contribution in [0.2, 0.25) is 0 Å². The molecule has 0 radical (unpaired) electrons. The van der Waals surface area contributed by atoms with Crippen LogP contribution in [0, 0.1) is 0 Å². The SMILES string of the molecule is CC(=O)O[C@@H](C)C(=O)OC1=CC[C@@]2(O)[C@H]3Cc4ccc(O)c5c4[C@@]2(CCCN3C)[C@H]1O5.O=CC(F)(F)F. The van der Waals surface area contributed by atoms with Crippen LogP contribution in [0.4, 0.5) is 13.2 Å². The number of likely N-dealkylation sites (tertiary alicyclic amines) is 1. The van der Waals surface area contributed by atoms with E-state index >= 15 is 0 Å². The standard InChI is InChI=1S/C23H27NO7.C2HF3O/c1-12(29-13(2)25)21(27)30-16-7-9-23(28)17-11-14-5-6-15(26)19-18(14)22(23,20(16)31-19)8-4-10-24(17)3;3-2(4,5)1-6/h5-7,12,17,20,26,28H,4,8-11H2,1-3H3;1H/t12-,17+,20-,22-,23+;/m0./s1. The Hall–Kier alpha value is -3.12. The summed E-state index contributed by atoms with van der Waals surface area (Å²) in [5, 5.41) is 22.7. The number of benzene rings is 1. The first-order chi connectivity index (χ1) is 17.2. The van der Waals surface area contributed by atoms with Crippen LogP contribution in [0.3, 0.4) is 0 Å². The maximum Gasteiger partial charge on any atom is 0.446 e. The maximum atomic E-state index is 12.6. The van der Waals surface area contributed by atoms with Crippen molar-refractivity contribution >= 4 is 18.2 Å². The molecule has 0 aromatic heterocycles. The number of likely N-dealkylation sites (N-methyl/N-ethyl adjacent to an activating group) is 1. The fourth-order valence-electron chi connectivity index (χ4n) is 6.19. The van der Waals surface area contributed by atoms with Crippen molar-refractivity contribution in [1.82, 2.24) is 4.90 Å². The normalized spacial score (nSPS) is 30.3. The molecule has 1 fully saturated rings. The van der Waals surface area contributed by atoms with Gasteiger partial charge in [0, 0.05) is 24.9 Å². The third-order valence-corrected chi connectivity index (χ3v) is 7.60. The van der Waals surface area contributed by atoms with Crippen molar-refractivity contribution in [2.24, 2.45) is 0 Å². The molecule has 37 heavy (non-hydrogen) atoms. The summed E-state index contributed by atoms with van der Waals surface area (Å²) in [6, 6.07) is 3.40. The topological polar surface area (TPSA) is 123 Å². The van der Waals surface area contributed by atoms with Gasteiger partial charge in [0.15, 0.2) is 23.7 Å². The average Bonchev–Trinajstić information content (AvgIpc) is 3.15. The van der Waals surface area contributed by atoms with Gasteiger partial charge in [-0.15, -0.1) is 0 Å². The Bertz CT molecular complexity index is 1150. The van der Waals surface area contributed by atoms with Gasteiger partial charge in [-0.05, 0) is 57.5 Å². The van der Waals surface area contributed by atoms with Gasteiger partial charge in [0.05, 0.1) is 11.0 Å². The van der Waals surface area contributed by atoms with Gasteiger partial charge in [-0.1, -0.05) is 6.07 Å². The molecule has 2 bridgehead atoms. The van der Waals surface area contributed by atoms with Crippen molar-refractivity contribution < 1.29 is 52.0 Å². The Kier molecular flexibility index (Phi) is 6.78. The lowest BCUT2D eigenvalue weighted by molar-refractivity contribution is -0.166. The molecule has 2 heterocycles. The van der Waals surface area contributed by atoms with Crippen LogP contribution in [0.5, 0.6) is 11.5 Å². The van der Waals surface area contributed by atoms with Crippen LogP contribution in [0.25, 0.3) is 0 Å². The number of carbonyl (C=O) groups is 3. The quantitative estimate of drug-likeness (QED) is 0.450. The molecular formula is C25H28F3NO8. The van der Waals surface area contributed by atoms with E-state index in [0.717, 1.165) is 24.1 Å². The summed E-state index contributed by atoms with van der Waals surface area (Å²) in [6.45, 7) is 3.51. The number of aromatic hydroxyl groups is 1. The molecule has 2 aliphatic carbocycles. The van der Waals surface area contributed by atoms with Crippen molar-refractivity contribution in [3.63, 3.8) is 0 Å². The van der Waals surface area contributed by atoms with E-state index in [4.69, 9.17) is 19.0 Å². The monoisotopic (exact) mass is 527 g/mol. The van der Waals surface area contributed by atoms with Gasteiger partial charge in [0.1, 0.15) is 5.76 Å². The van der Waals surface area contributed by atoms with Crippen molar-refractivity contribution in [3.05, 3.63) is 35.1 Å². The molecule has 9 nitrogen and oxygen atoms in total. The van der Waals surface area contributed by atoms with Crippen molar-refractivity contribution in [2.75, 3.05) is 13.6 Å². The molecule has 2 N–H and O–H groups in total. The van der Waals surface area contributed by atoms with E-state index in [2.05, 4.69) is 4.90 Å². The zero-order valence-corrected chi connectivity index (χ0v) is 20.5. The van der Waals surface area contributed by atoms with E-state index in [-0.39, 0.29) is 11.8 Å². The zero-order valence-electron chi connectivity index (χ0n) is 20.5. The van der Waals surface area contributed by atoms with Gasteiger partial charge < -0.3 is 29.3 Å². The van der Waals surface area contributed by atoms with Crippen LogP contribution in [-0.2, 0) is 35.7 Å². The molecule has 202 valence electrons. The van der Waals surface area contributed by atoms with Crippen LogP contribution in [0.15, 0.2) is 24.0 Å². The lowest BCUT2D eigenvalue weighted by atomic mass is 9.52. The average molecular weight is 527 g/mol. The number of halogens is 3. The summed E-state index contributed by atoms with van der Waals surface area (Å²) in [5.74, 6) is -0.609. The number of hydrogen-bond donors (Lipinski definition) is 2. The number of ether oxygens (including phenoxy) is 3. The van der Waals surface area contributed by atoms with Crippen LogP contribution in [0.1, 0.15) is 44.2 Å². The summed E-state index contributed by atoms with van der Waals surface area (Å²) in [7, 11) is 2.03. The Morgan fingerprint density at radius 2 is 2.00 bits per heavy atom. The maximum absolute atomic E-state index is 12.6. The molecule has 1 spiro atoms. The third kappa shape index (κ3) is 4.35. The van der Waals surface area contributed by atoms with Crippen LogP contribution >= 0.6 is 0 Å². The van der Waals surface area contributed by atoms with E-state index in [1.54, 1.807) is 12.1 Å². The number of phenolic OH excluding ortho intramolecular Hbond substituents is 1. The number of phenols is 1. The number of aldehydes is 1. The van der Waals surface area contributed by atoms with Crippen LogP contribution < -0.4 is 4.74 Å². The Balaban J connectivity index is 0.000000480. The highest BCUT2D eigenvalue weighted by Crippen LogP contribution is 2.64. The number of aliphatic hydroxyl groups is 1. The highest BCUT2D eigenvalue weighted by Gasteiger charge is 2.71. The molecule has 5 atom stereocenters. The first-order valence-corrected chi connectivity index (χ1v) is 11.8. The predicted molar refractivity (Wildman–Crippen MR) is 121 cm³/mol. The van der Waals surface area contributed by atoms with Gasteiger partial charge in [0.25, 0.3) is 0 Å². The van der Waals surface area contributed by atoms with Crippen molar-refractivity contribution in [3.8, 4) is 11.5 Å². The van der Waals surface area contributed by atoms with E-state index in [1.807, 2.05) is 13.1 Å². The molecule has 0 saturated carbocycles. The summed E-state index contributed by atoms with van der Waals surface area (Å²) in [4.78, 5) is 34.7. The van der Waals surface area contributed by atoms with Gasteiger partial charge in [-0.3, -0.25) is 9.59 Å². The summed E-state index contributed by atoms with van der Waals surface area (Å²) >= 11 is 0. The Labute approximate surface area is 210 Å². The predicted octanol–water partition coefficient (Wildman–Crippen LogP) is 2.30. The molecule has 1 saturated heterocycles. The number of alkyl halides is 3. The number of hydrogen-bond acceptors (Lipinski definition) is 9. The van der Waals surface area contributed by atoms with Gasteiger partial charge >= 0.3 is 18.1 Å². The Morgan fingerprint density at radius 1 is 1.32 bits per heavy atom. The number of rotatable bonds is 3. The molecular weight excluding hydrogens is 499 g/mol. The second kappa shape index (κ2) is 9.32. The minimum absolute atomic E-state index is 0.0138. The zero-order chi connectivity index (χ0) is 27.3. The van der Waals surface area contributed by atoms with E-state index in [0.29, 0.717) is 30.8 Å². The van der Waals surface area contributed by atoms with E-state index < -0.39 is 47.6 Å². The summed E-state index contributed by atoms with van der Waals surface area (Å²) in [6.07, 6.45) is -3.41. The lowest BCUT2D eigenvalue weighted by Crippen LogP contribution is -2.69. The molecule has 0 unspecified atom stereocenters. The Morgan fingerprint density at radius 3 is 2.62 bits per heavy atom. The highest BCUT2D eigenvalue weighted by molar-refractivity contribution is 5.79. The molecule has 5 rings (SSSR count). The number of carbonyl (C=O) groups excluding carboxylic acids is 3. The lowest BCUT2D eigenvalue weighted by Gasteiger charge is -2.56. The molecule has 4 aliphatic rings. The first-order valence-electron chi connectivity index (χ1n) is 11.8. The van der Waals surface area contributed by atoms with E-state index in [1.165, 1.54) is 13.8 Å².